The van der Waals surface area contributed by atoms with Crippen LogP contribution in [-0.4, -0.2) is 45.5 Å². The van der Waals surface area contributed by atoms with Crippen molar-refractivity contribution in [3.05, 3.63) is 28.7 Å². The minimum atomic E-state index is -1.10. The van der Waals surface area contributed by atoms with Crippen LogP contribution < -0.4 is 9.47 Å². The minimum Gasteiger partial charge on any atom is -0.493 e. The van der Waals surface area contributed by atoms with Gasteiger partial charge < -0.3 is 14.6 Å². The summed E-state index contributed by atoms with van der Waals surface area (Å²) in [5, 5.41) is 9.11. The van der Waals surface area contributed by atoms with Crippen molar-refractivity contribution >= 4 is 46.3 Å². The molecule has 1 fully saturated rings. The van der Waals surface area contributed by atoms with Crippen LogP contribution in [-0.2, 0) is 9.59 Å². The van der Waals surface area contributed by atoms with Crippen LogP contribution in [0.5, 0.6) is 11.5 Å². The van der Waals surface area contributed by atoms with Gasteiger partial charge in [-0.05, 0) is 44.5 Å². The summed E-state index contributed by atoms with van der Waals surface area (Å²) in [6, 6.07) is 4.32. The van der Waals surface area contributed by atoms with Crippen molar-refractivity contribution in [3.8, 4) is 11.5 Å². The number of methoxy groups -OCH3 is 1. The van der Waals surface area contributed by atoms with Crippen molar-refractivity contribution in [2.45, 2.75) is 32.9 Å². The van der Waals surface area contributed by atoms with Gasteiger partial charge in [0.15, 0.2) is 11.5 Å². The molecule has 2 rings (SSSR count). The van der Waals surface area contributed by atoms with Crippen LogP contribution in [0.2, 0.25) is 0 Å². The van der Waals surface area contributed by atoms with Gasteiger partial charge in [-0.25, -0.2) is 4.79 Å². The zero-order chi connectivity index (χ0) is 18.7. The van der Waals surface area contributed by atoms with Gasteiger partial charge >= 0.3 is 5.97 Å². The lowest BCUT2D eigenvalue weighted by Gasteiger charge is -2.18. The smallest absolute Gasteiger partial charge is 0.326 e. The molecule has 0 aliphatic carbocycles. The Hall–Kier alpha value is -2.06. The predicted molar refractivity (Wildman–Crippen MR) is 101 cm³/mol. The first-order valence-corrected chi connectivity index (χ1v) is 8.81. The van der Waals surface area contributed by atoms with E-state index in [2.05, 4.69) is 0 Å². The molecule has 0 spiro atoms. The summed E-state index contributed by atoms with van der Waals surface area (Å²) in [5.41, 5.74) is 0.733. The Balaban J connectivity index is 2.30. The summed E-state index contributed by atoms with van der Waals surface area (Å²) in [6.07, 6.45) is 1.67. The van der Waals surface area contributed by atoms with Crippen molar-refractivity contribution in [2.75, 3.05) is 7.11 Å². The van der Waals surface area contributed by atoms with Crippen LogP contribution in [0.1, 0.15) is 26.3 Å². The largest absolute Gasteiger partial charge is 0.493 e. The second-order valence-corrected chi connectivity index (χ2v) is 7.32. The van der Waals surface area contributed by atoms with Gasteiger partial charge in [-0.2, -0.15) is 0 Å². The first-order valence-electron chi connectivity index (χ1n) is 7.59. The fourth-order valence-electron chi connectivity index (χ4n) is 2.20. The van der Waals surface area contributed by atoms with Crippen LogP contribution in [0.3, 0.4) is 0 Å². The second-order valence-electron chi connectivity index (χ2n) is 5.64. The zero-order valence-corrected chi connectivity index (χ0v) is 15.9. The average molecular weight is 381 g/mol. The molecule has 1 aliphatic heterocycles. The number of benzene rings is 1. The monoisotopic (exact) mass is 381 g/mol. The van der Waals surface area contributed by atoms with E-state index in [9.17, 15) is 9.59 Å². The first kappa shape index (κ1) is 19.3. The third-order valence-corrected chi connectivity index (χ3v) is 4.75. The normalized spacial score (nSPS) is 17.3. The molecule has 0 unspecified atom stereocenters. The average Bonchev–Trinajstić information content (AvgIpc) is 2.81. The lowest BCUT2D eigenvalue weighted by atomic mass is 10.1. The predicted octanol–water partition coefficient (Wildman–Crippen LogP) is 3.16. The highest BCUT2D eigenvalue weighted by Crippen LogP contribution is 2.35. The van der Waals surface area contributed by atoms with Crippen molar-refractivity contribution in [2.24, 2.45) is 0 Å². The highest BCUT2D eigenvalue weighted by atomic mass is 32.2. The van der Waals surface area contributed by atoms with Gasteiger partial charge in [-0.15, -0.1) is 0 Å². The molecular weight excluding hydrogens is 362 g/mol. The number of carboxylic acids is 1. The summed E-state index contributed by atoms with van der Waals surface area (Å²) in [5.74, 6) is -0.348. The van der Waals surface area contributed by atoms with E-state index in [0.29, 0.717) is 16.4 Å². The van der Waals surface area contributed by atoms with Gasteiger partial charge in [0.25, 0.3) is 5.91 Å². The molecule has 25 heavy (non-hydrogen) atoms. The Morgan fingerprint density at radius 2 is 2.00 bits per heavy atom. The van der Waals surface area contributed by atoms with Crippen molar-refractivity contribution in [3.63, 3.8) is 0 Å². The molecule has 1 N–H and O–H groups in total. The lowest BCUT2D eigenvalue weighted by Crippen LogP contribution is -2.41. The summed E-state index contributed by atoms with van der Waals surface area (Å²) in [7, 11) is 1.54. The van der Waals surface area contributed by atoms with Crippen LogP contribution >= 0.6 is 24.0 Å². The summed E-state index contributed by atoms with van der Waals surface area (Å²) in [6.45, 7) is 5.27. The number of carbonyl (C=O) groups is 2. The topological polar surface area (TPSA) is 76.1 Å². The van der Waals surface area contributed by atoms with Crippen LogP contribution in [0.4, 0.5) is 0 Å². The van der Waals surface area contributed by atoms with Crippen LogP contribution in [0.25, 0.3) is 6.08 Å². The number of hydrogen-bond acceptors (Lipinski definition) is 6. The fourth-order valence-corrected chi connectivity index (χ4v) is 3.62. The molecule has 1 atom stereocenters. The van der Waals surface area contributed by atoms with E-state index in [-0.39, 0.29) is 10.4 Å². The molecule has 1 heterocycles. The van der Waals surface area contributed by atoms with E-state index in [1.54, 1.807) is 31.4 Å². The number of hydrogen-bond donors (Lipinski definition) is 1. The molecule has 1 saturated heterocycles. The Labute approximate surface area is 155 Å². The quantitative estimate of drug-likeness (QED) is 0.599. The van der Waals surface area contributed by atoms with Crippen molar-refractivity contribution in [1.82, 2.24) is 4.90 Å². The SMILES string of the molecule is COc1cc(/C=C2\SC(=S)N([C@@H](C)C(=O)O)C2=O)ccc1OC(C)C. The molecule has 134 valence electrons. The highest BCUT2D eigenvalue weighted by molar-refractivity contribution is 8.26. The first-order chi connectivity index (χ1) is 11.7. The van der Waals surface area contributed by atoms with Gasteiger partial charge in [-0.3, -0.25) is 9.69 Å². The Morgan fingerprint density at radius 1 is 1.32 bits per heavy atom. The highest BCUT2D eigenvalue weighted by Gasteiger charge is 2.38. The number of thioether (sulfide) groups is 1. The van der Waals surface area contributed by atoms with E-state index in [4.69, 9.17) is 26.8 Å². The van der Waals surface area contributed by atoms with Gasteiger partial charge in [0.2, 0.25) is 0 Å². The molecule has 0 bridgehead atoms. The molecule has 8 heteroatoms. The number of amides is 1. The van der Waals surface area contributed by atoms with Crippen molar-refractivity contribution < 1.29 is 24.2 Å². The summed E-state index contributed by atoms with van der Waals surface area (Å²) in [4.78, 5) is 25.1. The van der Waals surface area contributed by atoms with Crippen molar-refractivity contribution in [1.29, 1.82) is 0 Å². The minimum absolute atomic E-state index is 0.00788. The number of carboxylic acid groups (broad SMARTS) is 1. The number of aliphatic carboxylic acids is 1. The second kappa shape index (κ2) is 7.88. The number of carbonyl (C=O) groups excluding carboxylic acids is 1. The fraction of sp³-hybridized carbons (Fsp3) is 0.353. The molecule has 0 aromatic heterocycles. The molecule has 0 saturated carbocycles. The van der Waals surface area contributed by atoms with E-state index in [1.807, 2.05) is 13.8 Å². The number of nitrogens with zero attached hydrogens (tertiary/aromatic N) is 1. The number of ether oxygens (including phenoxy) is 2. The Morgan fingerprint density at radius 3 is 2.56 bits per heavy atom. The van der Waals surface area contributed by atoms with Gasteiger partial charge in [0, 0.05) is 0 Å². The third-order valence-electron chi connectivity index (χ3n) is 3.42. The molecular formula is C17H19NO5S2. The molecule has 0 radical (unpaired) electrons. The third kappa shape index (κ3) is 4.32. The lowest BCUT2D eigenvalue weighted by molar-refractivity contribution is -0.144. The maximum Gasteiger partial charge on any atom is 0.326 e. The molecule has 1 aromatic carbocycles. The van der Waals surface area contributed by atoms with E-state index in [0.717, 1.165) is 22.2 Å². The van der Waals surface area contributed by atoms with E-state index >= 15 is 0 Å². The van der Waals surface area contributed by atoms with Gasteiger partial charge in [-0.1, -0.05) is 30.0 Å². The van der Waals surface area contributed by atoms with E-state index < -0.39 is 17.9 Å². The van der Waals surface area contributed by atoms with Crippen LogP contribution in [0.15, 0.2) is 23.1 Å². The number of thiocarbonyl (C=S) groups is 1. The van der Waals surface area contributed by atoms with Gasteiger partial charge in [0.05, 0.1) is 18.1 Å². The Bertz CT molecular complexity index is 745. The van der Waals surface area contributed by atoms with Gasteiger partial charge in [0.1, 0.15) is 10.4 Å². The summed E-state index contributed by atoms with van der Waals surface area (Å²) < 4.78 is 11.2. The summed E-state index contributed by atoms with van der Waals surface area (Å²) >= 11 is 6.23. The molecule has 1 amide bonds. The standard InChI is InChI=1S/C17H19NO5S2/c1-9(2)23-12-6-5-11(7-13(12)22-4)8-14-15(19)18(17(24)25-14)10(3)16(20)21/h5-10H,1-4H3,(H,20,21)/b14-8-/t10-/m0/s1. The number of rotatable bonds is 6. The van der Waals surface area contributed by atoms with Crippen LogP contribution in [0, 0.1) is 0 Å². The molecule has 6 nitrogen and oxygen atoms in total. The molecule has 1 aliphatic rings. The maximum absolute atomic E-state index is 12.5. The maximum atomic E-state index is 12.5. The Kier molecular flexibility index (Phi) is 6.07. The molecule has 1 aromatic rings. The van der Waals surface area contributed by atoms with E-state index in [1.165, 1.54) is 6.92 Å². The zero-order valence-electron chi connectivity index (χ0n) is 14.3.